The fraction of sp³-hybridized carbons (Fsp3) is 0.438. The van der Waals surface area contributed by atoms with E-state index in [1.54, 1.807) is 19.3 Å². The molecule has 1 amide bonds. The molecule has 1 fully saturated rings. The van der Waals surface area contributed by atoms with E-state index in [-0.39, 0.29) is 37.7 Å². The Labute approximate surface area is 137 Å². The molecule has 2 N–H and O–H groups in total. The molecular formula is C16H18F2N4O2. The molecule has 1 aliphatic carbocycles. The molecule has 2 aromatic rings. The fourth-order valence-electron chi connectivity index (χ4n) is 2.72. The molecule has 2 heterocycles. The Bertz CT molecular complexity index is 763. The maximum absolute atomic E-state index is 13.3. The van der Waals surface area contributed by atoms with Crippen molar-refractivity contribution in [1.29, 1.82) is 0 Å². The third-order valence-electron chi connectivity index (χ3n) is 4.07. The van der Waals surface area contributed by atoms with Crippen LogP contribution in [0.15, 0.2) is 18.6 Å². The molecule has 0 bridgehead atoms. The van der Waals surface area contributed by atoms with E-state index in [1.807, 2.05) is 0 Å². The van der Waals surface area contributed by atoms with Crippen molar-refractivity contribution in [2.75, 3.05) is 7.05 Å². The zero-order valence-electron chi connectivity index (χ0n) is 13.2. The van der Waals surface area contributed by atoms with Crippen LogP contribution in [-0.2, 0) is 4.79 Å². The van der Waals surface area contributed by atoms with Gasteiger partial charge in [0, 0.05) is 37.7 Å². The number of ether oxygens (including phenoxy) is 1. The Hall–Kier alpha value is -2.51. The highest BCUT2D eigenvalue weighted by Crippen LogP contribution is 2.36. The summed E-state index contributed by atoms with van der Waals surface area (Å²) in [5, 5.41) is 3.13. The Morgan fingerprint density at radius 2 is 2.17 bits per heavy atom. The smallest absolute Gasteiger partial charge is 0.248 e. The molecule has 3 rings (SSSR count). The number of rotatable bonds is 4. The summed E-state index contributed by atoms with van der Waals surface area (Å²) in [6.45, 7) is 0. The summed E-state index contributed by atoms with van der Waals surface area (Å²) in [5.41, 5.74) is 1.27. The van der Waals surface area contributed by atoms with Crippen LogP contribution in [0.1, 0.15) is 31.2 Å². The molecule has 0 saturated heterocycles. The maximum Gasteiger partial charge on any atom is 0.248 e. The van der Waals surface area contributed by atoms with Gasteiger partial charge < -0.3 is 15.0 Å². The van der Waals surface area contributed by atoms with Crippen LogP contribution < -0.4 is 10.1 Å². The topological polar surface area (TPSA) is 79.9 Å². The predicted molar refractivity (Wildman–Crippen MR) is 84.8 cm³/mol. The maximum atomic E-state index is 13.3. The number of carbonyl (C=O) groups is 1. The number of fused-ring (bicyclic) bond motifs is 1. The van der Waals surface area contributed by atoms with E-state index >= 15 is 0 Å². The molecule has 24 heavy (non-hydrogen) atoms. The van der Waals surface area contributed by atoms with Gasteiger partial charge in [-0.1, -0.05) is 0 Å². The second kappa shape index (κ2) is 6.54. The van der Waals surface area contributed by atoms with Crippen molar-refractivity contribution < 1.29 is 18.3 Å². The fourth-order valence-corrected chi connectivity index (χ4v) is 2.72. The number of amides is 1. The van der Waals surface area contributed by atoms with E-state index in [0.717, 1.165) is 0 Å². The van der Waals surface area contributed by atoms with Gasteiger partial charge in [-0.3, -0.25) is 4.79 Å². The van der Waals surface area contributed by atoms with E-state index in [1.165, 1.54) is 12.4 Å². The molecule has 128 valence electrons. The standard InChI is InChI=1S/C16H18F2N4O2/c1-19-12(23)3-2-10-8-20-14-13(10)15(22-9-21-14)24-11-4-6-16(17,18)7-5-11/h2-3,8-9,11H,4-7H2,1H3,(H,19,23)(H,20,21,22)/b3-2+. The van der Waals surface area contributed by atoms with Crippen LogP contribution in [0.3, 0.4) is 0 Å². The number of alkyl halides is 2. The number of aromatic nitrogens is 3. The number of likely N-dealkylation sites (N-methyl/N-ethyl adjacent to an activating group) is 1. The number of aromatic amines is 1. The van der Waals surface area contributed by atoms with Gasteiger partial charge in [0.1, 0.15) is 18.1 Å². The Morgan fingerprint density at radius 3 is 2.88 bits per heavy atom. The highest BCUT2D eigenvalue weighted by molar-refractivity contribution is 5.96. The van der Waals surface area contributed by atoms with E-state index in [4.69, 9.17) is 4.74 Å². The SMILES string of the molecule is CNC(=O)/C=C/c1c[nH]c2ncnc(OC3CCC(F)(F)CC3)c12. The van der Waals surface area contributed by atoms with E-state index in [2.05, 4.69) is 20.3 Å². The van der Waals surface area contributed by atoms with Crippen molar-refractivity contribution >= 4 is 23.0 Å². The Morgan fingerprint density at radius 1 is 1.42 bits per heavy atom. The first kappa shape index (κ1) is 16.4. The van der Waals surface area contributed by atoms with Crippen LogP contribution in [0.2, 0.25) is 0 Å². The van der Waals surface area contributed by atoms with Crippen LogP contribution in [0, 0.1) is 0 Å². The third-order valence-corrected chi connectivity index (χ3v) is 4.07. The normalized spacial score (nSPS) is 18.1. The second-order valence-electron chi connectivity index (χ2n) is 5.77. The van der Waals surface area contributed by atoms with Crippen LogP contribution >= 0.6 is 0 Å². The number of nitrogens with zero attached hydrogens (tertiary/aromatic N) is 2. The molecule has 1 saturated carbocycles. The highest BCUT2D eigenvalue weighted by Gasteiger charge is 2.36. The number of hydrogen-bond acceptors (Lipinski definition) is 4. The van der Waals surface area contributed by atoms with E-state index in [0.29, 0.717) is 22.5 Å². The van der Waals surface area contributed by atoms with Crippen molar-refractivity contribution in [2.24, 2.45) is 0 Å². The Balaban J connectivity index is 1.84. The lowest BCUT2D eigenvalue weighted by Crippen LogP contribution is -2.31. The summed E-state index contributed by atoms with van der Waals surface area (Å²) in [6.07, 6.45) is 5.99. The number of nitrogens with one attached hydrogen (secondary N) is 2. The lowest BCUT2D eigenvalue weighted by molar-refractivity contribution is -0.115. The summed E-state index contributed by atoms with van der Waals surface area (Å²) >= 11 is 0. The monoisotopic (exact) mass is 336 g/mol. The van der Waals surface area contributed by atoms with Gasteiger partial charge in [-0.25, -0.2) is 18.7 Å². The van der Waals surface area contributed by atoms with Crippen LogP contribution in [-0.4, -0.2) is 39.9 Å². The molecule has 2 aromatic heterocycles. The molecule has 1 aliphatic rings. The summed E-state index contributed by atoms with van der Waals surface area (Å²) in [7, 11) is 1.54. The molecule has 0 aliphatic heterocycles. The van der Waals surface area contributed by atoms with Crippen molar-refractivity contribution in [3.05, 3.63) is 24.2 Å². The number of halogens is 2. The van der Waals surface area contributed by atoms with Crippen LogP contribution in [0.5, 0.6) is 5.88 Å². The molecule has 6 nitrogen and oxygen atoms in total. The van der Waals surface area contributed by atoms with E-state index < -0.39 is 5.92 Å². The summed E-state index contributed by atoms with van der Waals surface area (Å²) < 4.78 is 32.4. The first-order valence-electron chi connectivity index (χ1n) is 7.75. The van der Waals surface area contributed by atoms with Crippen LogP contribution in [0.25, 0.3) is 17.1 Å². The second-order valence-corrected chi connectivity index (χ2v) is 5.77. The average Bonchev–Trinajstić information content (AvgIpc) is 2.99. The van der Waals surface area contributed by atoms with Crippen molar-refractivity contribution in [1.82, 2.24) is 20.3 Å². The predicted octanol–water partition coefficient (Wildman–Crippen LogP) is 2.67. The zero-order valence-corrected chi connectivity index (χ0v) is 13.2. The Kier molecular flexibility index (Phi) is 4.46. The van der Waals surface area contributed by atoms with Gasteiger partial charge in [0.05, 0.1) is 5.39 Å². The van der Waals surface area contributed by atoms with Crippen LogP contribution in [0.4, 0.5) is 8.78 Å². The third kappa shape index (κ3) is 3.52. The number of H-pyrrole nitrogens is 1. The molecule has 0 radical (unpaired) electrons. The lowest BCUT2D eigenvalue weighted by atomic mass is 9.94. The first-order valence-corrected chi connectivity index (χ1v) is 7.75. The largest absolute Gasteiger partial charge is 0.474 e. The molecule has 0 aromatic carbocycles. The van der Waals surface area contributed by atoms with E-state index in [9.17, 15) is 13.6 Å². The molecule has 8 heteroatoms. The van der Waals surface area contributed by atoms with Crippen molar-refractivity contribution in [3.8, 4) is 5.88 Å². The van der Waals surface area contributed by atoms with Gasteiger partial charge in [-0.2, -0.15) is 0 Å². The van der Waals surface area contributed by atoms with Gasteiger partial charge >= 0.3 is 0 Å². The van der Waals surface area contributed by atoms with Gasteiger partial charge in [-0.05, 0) is 18.9 Å². The molecule has 0 unspecified atom stereocenters. The number of carbonyl (C=O) groups excluding carboxylic acids is 1. The quantitative estimate of drug-likeness (QED) is 0.841. The van der Waals surface area contributed by atoms with Crippen molar-refractivity contribution in [2.45, 2.75) is 37.7 Å². The summed E-state index contributed by atoms with van der Waals surface area (Å²) in [4.78, 5) is 22.6. The van der Waals surface area contributed by atoms with Crippen molar-refractivity contribution in [3.63, 3.8) is 0 Å². The van der Waals surface area contributed by atoms with Gasteiger partial charge in [0.15, 0.2) is 0 Å². The molecule has 0 atom stereocenters. The van der Waals surface area contributed by atoms with Gasteiger partial charge in [0.25, 0.3) is 0 Å². The first-order chi connectivity index (χ1) is 11.5. The average molecular weight is 336 g/mol. The van der Waals surface area contributed by atoms with Gasteiger partial charge in [0.2, 0.25) is 17.7 Å². The molecular weight excluding hydrogens is 318 g/mol. The zero-order chi connectivity index (χ0) is 17.2. The summed E-state index contributed by atoms with van der Waals surface area (Å²) in [5.74, 6) is -2.50. The van der Waals surface area contributed by atoms with Gasteiger partial charge in [-0.15, -0.1) is 0 Å². The molecule has 0 spiro atoms. The summed E-state index contributed by atoms with van der Waals surface area (Å²) in [6, 6.07) is 0. The highest BCUT2D eigenvalue weighted by atomic mass is 19.3. The minimum atomic E-state index is -2.60. The minimum absolute atomic E-state index is 0.178. The minimum Gasteiger partial charge on any atom is -0.474 e. The number of hydrogen-bond donors (Lipinski definition) is 2. The lowest BCUT2D eigenvalue weighted by Gasteiger charge is -2.28.